The Morgan fingerprint density at radius 1 is 1.11 bits per heavy atom. The summed E-state index contributed by atoms with van der Waals surface area (Å²) in [4.78, 5) is 0. The third-order valence-corrected chi connectivity index (χ3v) is 3.13. The summed E-state index contributed by atoms with van der Waals surface area (Å²) in [6.07, 6.45) is 3.51. The molecule has 0 saturated heterocycles. The molecule has 1 atom stereocenters. The van der Waals surface area contributed by atoms with Gasteiger partial charge < -0.3 is 14.2 Å². The maximum atomic E-state index is 5.51. The zero-order valence-electron chi connectivity index (χ0n) is 10.2. The molecule has 2 heterocycles. The third kappa shape index (κ3) is 2.05. The van der Waals surface area contributed by atoms with Crippen LogP contribution in [0.25, 0.3) is 11.0 Å². The third-order valence-electron chi connectivity index (χ3n) is 3.13. The van der Waals surface area contributed by atoms with Crippen LogP contribution in [0, 0.1) is 0 Å². The summed E-state index contributed by atoms with van der Waals surface area (Å²) in [5, 5.41) is 4.59. The van der Waals surface area contributed by atoms with Crippen LogP contribution in [0.5, 0.6) is 0 Å². The first-order valence-corrected chi connectivity index (χ1v) is 6.06. The van der Waals surface area contributed by atoms with E-state index in [2.05, 4.69) is 18.3 Å². The highest BCUT2D eigenvalue weighted by atomic mass is 16.3. The van der Waals surface area contributed by atoms with Crippen LogP contribution in [-0.2, 0) is 6.54 Å². The molecule has 3 nitrogen and oxygen atoms in total. The van der Waals surface area contributed by atoms with E-state index in [0.717, 1.165) is 23.3 Å². The minimum absolute atomic E-state index is 0.189. The molecule has 0 amide bonds. The lowest BCUT2D eigenvalue weighted by Gasteiger charge is -2.10. The lowest BCUT2D eigenvalue weighted by molar-refractivity contribution is 0.430. The molecular weight excluding hydrogens is 226 g/mol. The molecule has 3 aromatic rings. The van der Waals surface area contributed by atoms with Gasteiger partial charge in [0.25, 0.3) is 0 Å². The number of furan rings is 2. The van der Waals surface area contributed by atoms with Crippen molar-refractivity contribution in [2.24, 2.45) is 0 Å². The van der Waals surface area contributed by atoms with Crippen LogP contribution in [0.1, 0.15) is 24.3 Å². The van der Waals surface area contributed by atoms with Crippen molar-refractivity contribution in [1.82, 2.24) is 5.32 Å². The molecule has 1 aromatic carbocycles. The first kappa shape index (κ1) is 11.1. The van der Waals surface area contributed by atoms with E-state index in [9.17, 15) is 0 Å². The van der Waals surface area contributed by atoms with Gasteiger partial charge in [0.05, 0.1) is 18.6 Å². The van der Waals surface area contributed by atoms with Crippen LogP contribution in [0.2, 0.25) is 0 Å². The molecule has 92 valence electrons. The number of rotatable bonds is 4. The summed E-state index contributed by atoms with van der Waals surface area (Å²) >= 11 is 0. The Labute approximate surface area is 105 Å². The summed E-state index contributed by atoms with van der Waals surface area (Å²) in [7, 11) is 0. The highest BCUT2D eigenvalue weighted by molar-refractivity contribution is 5.80. The van der Waals surface area contributed by atoms with Crippen LogP contribution in [0.4, 0.5) is 0 Å². The van der Waals surface area contributed by atoms with Crippen LogP contribution >= 0.6 is 0 Å². The van der Waals surface area contributed by atoms with E-state index in [-0.39, 0.29) is 6.04 Å². The molecule has 18 heavy (non-hydrogen) atoms. The first-order valence-electron chi connectivity index (χ1n) is 6.06. The summed E-state index contributed by atoms with van der Waals surface area (Å²) in [6.45, 7) is 2.85. The molecule has 1 unspecified atom stereocenters. The molecule has 0 saturated carbocycles. The molecule has 1 N–H and O–H groups in total. The summed E-state index contributed by atoms with van der Waals surface area (Å²) < 4.78 is 10.9. The lowest BCUT2D eigenvalue weighted by atomic mass is 10.1. The van der Waals surface area contributed by atoms with E-state index < -0.39 is 0 Å². The number of hydrogen-bond donors (Lipinski definition) is 1. The van der Waals surface area contributed by atoms with Crippen LogP contribution in [-0.4, -0.2) is 0 Å². The van der Waals surface area contributed by atoms with E-state index in [1.807, 2.05) is 36.6 Å². The van der Waals surface area contributed by atoms with Crippen molar-refractivity contribution in [2.75, 3.05) is 0 Å². The predicted molar refractivity (Wildman–Crippen MR) is 70.2 cm³/mol. The minimum Gasteiger partial charge on any atom is -0.468 e. The second-order valence-electron chi connectivity index (χ2n) is 4.38. The molecule has 0 aliphatic heterocycles. The van der Waals surface area contributed by atoms with Crippen molar-refractivity contribution in [3.05, 3.63) is 60.2 Å². The van der Waals surface area contributed by atoms with Gasteiger partial charge in [-0.05, 0) is 25.1 Å². The van der Waals surface area contributed by atoms with Gasteiger partial charge >= 0.3 is 0 Å². The van der Waals surface area contributed by atoms with Gasteiger partial charge in [0, 0.05) is 17.5 Å². The summed E-state index contributed by atoms with van der Waals surface area (Å²) in [5.74, 6) is 0.947. The van der Waals surface area contributed by atoms with Gasteiger partial charge in [0.1, 0.15) is 11.3 Å². The monoisotopic (exact) mass is 241 g/mol. The van der Waals surface area contributed by atoms with E-state index in [1.54, 1.807) is 6.26 Å². The Morgan fingerprint density at radius 2 is 2.00 bits per heavy atom. The van der Waals surface area contributed by atoms with E-state index in [4.69, 9.17) is 8.83 Å². The fourth-order valence-corrected chi connectivity index (χ4v) is 2.07. The van der Waals surface area contributed by atoms with Crippen molar-refractivity contribution in [3.63, 3.8) is 0 Å². The molecule has 0 spiro atoms. The largest absolute Gasteiger partial charge is 0.468 e. The Kier molecular flexibility index (Phi) is 2.90. The Balaban J connectivity index is 1.73. The van der Waals surface area contributed by atoms with Gasteiger partial charge in [-0.1, -0.05) is 18.2 Å². The van der Waals surface area contributed by atoms with Gasteiger partial charge in [0.2, 0.25) is 0 Å². The van der Waals surface area contributed by atoms with E-state index in [1.165, 1.54) is 5.56 Å². The summed E-state index contributed by atoms with van der Waals surface area (Å²) in [5.41, 5.74) is 2.10. The topological polar surface area (TPSA) is 38.3 Å². The van der Waals surface area contributed by atoms with E-state index in [0.29, 0.717) is 0 Å². The predicted octanol–water partition coefficient (Wildman–Crippen LogP) is 3.88. The first-order chi connectivity index (χ1) is 8.84. The SMILES string of the molecule is CC(NCc1coc2ccccc12)c1ccco1. The highest BCUT2D eigenvalue weighted by Crippen LogP contribution is 2.21. The molecule has 0 radical (unpaired) electrons. The molecule has 0 bridgehead atoms. The number of benzene rings is 1. The highest BCUT2D eigenvalue weighted by Gasteiger charge is 2.09. The Morgan fingerprint density at radius 3 is 2.83 bits per heavy atom. The van der Waals surface area contributed by atoms with E-state index >= 15 is 0 Å². The van der Waals surface area contributed by atoms with Crippen molar-refractivity contribution in [2.45, 2.75) is 19.5 Å². The standard InChI is InChI=1S/C15H15NO2/c1-11(14-7-4-8-17-14)16-9-12-10-18-15-6-3-2-5-13(12)15/h2-8,10-11,16H,9H2,1H3. The Hall–Kier alpha value is -2.00. The van der Waals surface area contributed by atoms with Gasteiger partial charge in [-0.2, -0.15) is 0 Å². The van der Waals surface area contributed by atoms with Crippen molar-refractivity contribution in [1.29, 1.82) is 0 Å². The number of fused-ring (bicyclic) bond motifs is 1. The average Bonchev–Trinajstić information content (AvgIpc) is 3.06. The fraction of sp³-hybridized carbons (Fsp3) is 0.200. The molecule has 3 heteroatoms. The van der Waals surface area contributed by atoms with Gasteiger partial charge in [0.15, 0.2) is 0 Å². The lowest BCUT2D eigenvalue weighted by Crippen LogP contribution is -2.17. The minimum atomic E-state index is 0.189. The van der Waals surface area contributed by atoms with Gasteiger partial charge in [-0.3, -0.25) is 0 Å². The van der Waals surface area contributed by atoms with Crippen molar-refractivity contribution >= 4 is 11.0 Å². The molecule has 0 aliphatic carbocycles. The quantitative estimate of drug-likeness (QED) is 0.753. The normalized spacial score (nSPS) is 12.9. The van der Waals surface area contributed by atoms with Gasteiger partial charge in [-0.25, -0.2) is 0 Å². The summed E-state index contributed by atoms with van der Waals surface area (Å²) in [6, 6.07) is 12.1. The fourth-order valence-electron chi connectivity index (χ4n) is 2.07. The van der Waals surface area contributed by atoms with Gasteiger partial charge in [-0.15, -0.1) is 0 Å². The molecular formula is C15H15NO2. The maximum Gasteiger partial charge on any atom is 0.134 e. The number of para-hydroxylation sites is 1. The zero-order valence-corrected chi connectivity index (χ0v) is 10.2. The second kappa shape index (κ2) is 4.70. The zero-order chi connectivity index (χ0) is 12.4. The molecule has 2 aromatic heterocycles. The van der Waals surface area contributed by atoms with Crippen molar-refractivity contribution in [3.8, 4) is 0 Å². The van der Waals surface area contributed by atoms with Crippen LogP contribution < -0.4 is 5.32 Å². The molecule has 0 aliphatic rings. The smallest absolute Gasteiger partial charge is 0.134 e. The molecule has 0 fully saturated rings. The number of hydrogen-bond acceptors (Lipinski definition) is 3. The Bertz CT molecular complexity index is 625. The van der Waals surface area contributed by atoms with Crippen LogP contribution in [0.15, 0.2) is 57.8 Å². The maximum absolute atomic E-state index is 5.51. The number of nitrogens with one attached hydrogen (secondary N) is 1. The second-order valence-corrected chi connectivity index (χ2v) is 4.38. The van der Waals surface area contributed by atoms with Crippen LogP contribution in [0.3, 0.4) is 0 Å². The molecule has 3 rings (SSSR count). The van der Waals surface area contributed by atoms with Crippen molar-refractivity contribution < 1.29 is 8.83 Å². The average molecular weight is 241 g/mol.